The summed E-state index contributed by atoms with van der Waals surface area (Å²) in [7, 11) is 0. The Kier molecular flexibility index (Phi) is 5.23. The van der Waals surface area contributed by atoms with Crippen LogP contribution in [-0.4, -0.2) is 27.9 Å². The van der Waals surface area contributed by atoms with Crippen LogP contribution >= 0.6 is 11.8 Å². The Labute approximate surface area is 149 Å². The minimum atomic E-state index is -0.424. The van der Waals surface area contributed by atoms with E-state index in [1.54, 1.807) is 18.7 Å². The van der Waals surface area contributed by atoms with Crippen molar-refractivity contribution >= 4 is 28.7 Å². The zero-order valence-corrected chi connectivity index (χ0v) is 14.9. The molecule has 7 heteroatoms. The lowest BCUT2D eigenvalue weighted by molar-refractivity contribution is 0.0902. The molecule has 25 heavy (non-hydrogen) atoms. The number of carbonyl (C=O) groups is 1. The second-order valence-corrected chi connectivity index (χ2v) is 6.70. The summed E-state index contributed by atoms with van der Waals surface area (Å²) < 4.78 is 5.37. The molecule has 0 spiro atoms. The first kappa shape index (κ1) is 17.3. The number of H-pyrrole nitrogens is 1. The second-order valence-electron chi connectivity index (χ2n) is 5.71. The number of benzene rings is 1. The molecule has 6 nitrogen and oxygen atoms in total. The zero-order chi connectivity index (χ0) is 17.8. The molecule has 1 amide bonds. The lowest BCUT2D eigenvalue weighted by Gasteiger charge is -2.16. The van der Waals surface area contributed by atoms with Gasteiger partial charge >= 0.3 is 0 Å². The van der Waals surface area contributed by atoms with Gasteiger partial charge in [0.25, 0.3) is 5.91 Å². The minimum Gasteiger partial charge on any atom is -0.456 e. The van der Waals surface area contributed by atoms with Crippen molar-refractivity contribution in [2.75, 3.05) is 12.0 Å². The van der Waals surface area contributed by atoms with Gasteiger partial charge in [-0.3, -0.25) is 9.59 Å². The van der Waals surface area contributed by atoms with Crippen LogP contribution in [0.5, 0.6) is 0 Å². The first-order valence-corrected chi connectivity index (χ1v) is 9.32. The number of aromatic nitrogens is 2. The smallest absolute Gasteiger partial charge is 0.287 e. The number of aryl methyl sites for hydroxylation is 1. The standard InChI is InChI=1S/C18H19N3O3S/c1-11-9-12(22)10-16(24-11)18(23)21-15(7-8-25-2)17-19-13-5-3-4-6-14(13)20-17/h3-6,9-10,15H,7-8H2,1-2H3,(H,19,20)(H,21,23)/t15-/m0/s1. The summed E-state index contributed by atoms with van der Waals surface area (Å²) in [6, 6.07) is 9.97. The van der Waals surface area contributed by atoms with Gasteiger partial charge in [-0.2, -0.15) is 11.8 Å². The number of rotatable bonds is 6. The third kappa shape index (κ3) is 4.11. The van der Waals surface area contributed by atoms with Crippen LogP contribution in [0.25, 0.3) is 11.0 Å². The van der Waals surface area contributed by atoms with E-state index in [1.807, 2.05) is 30.5 Å². The lowest BCUT2D eigenvalue weighted by atomic mass is 10.2. The molecule has 2 heterocycles. The number of thioether (sulfide) groups is 1. The minimum absolute atomic E-state index is 0.00950. The van der Waals surface area contributed by atoms with Crippen LogP contribution in [0.4, 0.5) is 0 Å². The van der Waals surface area contributed by atoms with Gasteiger partial charge in [-0.25, -0.2) is 4.98 Å². The van der Waals surface area contributed by atoms with Gasteiger partial charge in [0.1, 0.15) is 11.6 Å². The Hall–Kier alpha value is -2.54. The van der Waals surface area contributed by atoms with Crippen LogP contribution in [0, 0.1) is 6.92 Å². The number of imidazole rings is 1. The molecule has 0 unspecified atom stereocenters. The summed E-state index contributed by atoms with van der Waals surface area (Å²) in [5.74, 6) is 1.54. The molecule has 0 saturated carbocycles. The molecule has 1 atom stereocenters. The van der Waals surface area contributed by atoms with E-state index in [0.717, 1.165) is 16.8 Å². The average molecular weight is 357 g/mol. The van der Waals surface area contributed by atoms with E-state index in [0.29, 0.717) is 18.0 Å². The van der Waals surface area contributed by atoms with Crippen molar-refractivity contribution in [1.82, 2.24) is 15.3 Å². The first-order valence-electron chi connectivity index (χ1n) is 7.93. The molecule has 0 saturated heterocycles. The van der Waals surface area contributed by atoms with Gasteiger partial charge < -0.3 is 14.7 Å². The van der Waals surface area contributed by atoms with E-state index in [4.69, 9.17) is 4.42 Å². The SMILES string of the molecule is CSCC[C@H](NC(=O)c1cc(=O)cc(C)o1)c1nc2ccccc2[nH]1. The number of carbonyl (C=O) groups excluding carboxylic acids is 1. The summed E-state index contributed by atoms with van der Waals surface area (Å²) in [6.07, 6.45) is 2.72. The maximum absolute atomic E-state index is 12.5. The van der Waals surface area contributed by atoms with Crippen molar-refractivity contribution in [3.63, 3.8) is 0 Å². The van der Waals surface area contributed by atoms with Crippen LogP contribution in [0.3, 0.4) is 0 Å². The van der Waals surface area contributed by atoms with Crippen molar-refractivity contribution in [3.05, 3.63) is 64.0 Å². The number of nitrogens with zero attached hydrogens (tertiary/aromatic N) is 1. The van der Waals surface area contributed by atoms with Crippen LogP contribution < -0.4 is 10.7 Å². The predicted octanol–water partition coefficient (Wildman–Crippen LogP) is 3.05. The largest absolute Gasteiger partial charge is 0.456 e. The first-order chi connectivity index (χ1) is 12.1. The molecule has 3 rings (SSSR count). The number of fused-ring (bicyclic) bond motifs is 1. The predicted molar refractivity (Wildman–Crippen MR) is 99.0 cm³/mol. The highest BCUT2D eigenvalue weighted by molar-refractivity contribution is 7.98. The Morgan fingerprint density at radius 1 is 1.36 bits per heavy atom. The van der Waals surface area contributed by atoms with Gasteiger partial charge in [-0.1, -0.05) is 12.1 Å². The van der Waals surface area contributed by atoms with Crippen molar-refractivity contribution in [2.45, 2.75) is 19.4 Å². The third-order valence-electron chi connectivity index (χ3n) is 3.77. The number of nitrogens with one attached hydrogen (secondary N) is 2. The van der Waals surface area contributed by atoms with Gasteiger partial charge in [0.15, 0.2) is 11.2 Å². The Balaban J connectivity index is 1.87. The van der Waals surface area contributed by atoms with Crippen LogP contribution in [0.1, 0.15) is 34.6 Å². The molecule has 2 aromatic heterocycles. The fraction of sp³-hybridized carbons (Fsp3) is 0.278. The summed E-state index contributed by atoms with van der Waals surface area (Å²) >= 11 is 1.69. The number of amides is 1. The third-order valence-corrected chi connectivity index (χ3v) is 4.41. The van der Waals surface area contributed by atoms with Crippen LogP contribution in [-0.2, 0) is 0 Å². The van der Waals surface area contributed by atoms with E-state index in [2.05, 4.69) is 15.3 Å². The molecule has 3 aromatic rings. The summed E-state index contributed by atoms with van der Waals surface area (Å²) in [6.45, 7) is 1.64. The Bertz CT molecular complexity index is 915. The van der Waals surface area contributed by atoms with Gasteiger partial charge in [-0.15, -0.1) is 0 Å². The lowest BCUT2D eigenvalue weighted by Crippen LogP contribution is -2.30. The molecule has 0 bridgehead atoms. The van der Waals surface area contributed by atoms with E-state index in [9.17, 15) is 9.59 Å². The monoisotopic (exact) mass is 357 g/mol. The molecule has 0 radical (unpaired) electrons. The fourth-order valence-corrected chi connectivity index (χ4v) is 3.07. The van der Waals surface area contributed by atoms with Crippen molar-refractivity contribution in [1.29, 1.82) is 0 Å². The molecular weight excluding hydrogens is 338 g/mol. The normalized spacial score (nSPS) is 12.2. The van der Waals surface area contributed by atoms with Gasteiger partial charge in [0.05, 0.1) is 17.1 Å². The highest BCUT2D eigenvalue weighted by Crippen LogP contribution is 2.20. The van der Waals surface area contributed by atoms with Crippen LogP contribution in [0.15, 0.2) is 45.6 Å². The molecule has 0 aliphatic heterocycles. The summed E-state index contributed by atoms with van der Waals surface area (Å²) in [5.41, 5.74) is 1.52. The number of para-hydroxylation sites is 2. The van der Waals surface area contributed by atoms with E-state index in [1.165, 1.54) is 12.1 Å². The summed E-state index contributed by atoms with van der Waals surface area (Å²) in [4.78, 5) is 32.0. The van der Waals surface area contributed by atoms with Crippen molar-refractivity contribution in [3.8, 4) is 0 Å². The van der Waals surface area contributed by atoms with Gasteiger partial charge in [0.2, 0.25) is 0 Å². The second kappa shape index (κ2) is 7.57. The topological polar surface area (TPSA) is 88.0 Å². The molecular formula is C18H19N3O3S. The molecule has 0 aliphatic carbocycles. The maximum atomic E-state index is 12.5. The fourth-order valence-electron chi connectivity index (χ4n) is 2.60. The van der Waals surface area contributed by atoms with Gasteiger partial charge in [0, 0.05) is 12.1 Å². The number of aromatic amines is 1. The van der Waals surface area contributed by atoms with Crippen LogP contribution in [0.2, 0.25) is 0 Å². The zero-order valence-electron chi connectivity index (χ0n) is 14.0. The average Bonchev–Trinajstić information content (AvgIpc) is 3.01. The Morgan fingerprint density at radius 2 is 2.16 bits per heavy atom. The highest BCUT2D eigenvalue weighted by atomic mass is 32.2. The number of hydrogen-bond acceptors (Lipinski definition) is 5. The molecule has 0 fully saturated rings. The van der Waals surface area contributed by atoms with Crippen molar-refractivity contribution < 1.29 is 9.21 Å². The maximum Gasteiger partial charge on any atom is 0.287 e. The van der Waals surface area contributed by atoms with E-state index >= 15 is 0 Å². The summed E-state index contributed by atoms with van der Waals surface area (Å²) in [5, 5.41) is 2.92. The molecule has 0 aliphatic rings. The van der Waals surface area contributed by atoms with Gasteiger partial charge in [-0.05, 0) is 37.5 Å². The molecule has 2 N–H and O–H groups in total. The Morgan fingerprint density at radius 3 is 2.88 bits per heavy atom. The highest BCUT2D eigenvalue weighted by Gasteiger charge is 2.20. The molecule has 1 aromatic carbocycles. The number of hydrogen-bond donors (Lipinski definition) is 2. The molecule has 130 valence electrons. The quantitative estimate of drug-likeness (QED) is 0.708. The van der Waals surface area contributed by atoms with E-state index < -0.39 is 5.91 Å². The van der Waals surface area contributed by atoms with E-state index in [-0.39, 0.29) is 17.2 Å². The van der Waals surface area contributed by atoms with Crippen molar-refractivity contribution in [2.24, 2.45) is 0 Å².